The maximum atomic E-state index is 13.2. The van der Waals surface area contributed by atoms with Crippen LogP contribution in [0, 0.1) is 17.1 Å². The molecule has 1 rings (SSSR count). The minimum atomic E-state index is -0.507. The molecule has 0 saturated heterocycles. The number of halogens is 1. The maximum absolute atomic E-state index is 13.2. The summed E-state index contributed by atoms with van der Waals surface area (Å²) in [4.78, 5) is 10.7. The van der Waals surface area contributed by atoms with E-state index < -0.39 is 5.82 Å². The Labute approximate surface area is 104 Å². The minimum absolute atomic E-state index is 0.0583. The Hall–Kier alpha value is -1.60. The summed E-state index contributed by atoms with van der Waals surface area (Å²) in [7, 11) is 0. The average molecular weight is 249 g/mol. The van der Waals surface area contributed by atoms with E-state index in [0.29, 0.717) is 17.7 Å². The van der Waals surface area contributed by atoms with Crippen molar-refractivity contribution in [1.82, 2.24) is 0 Å². The highest BCUT2D eigenvalue weighted by atomic mass is 32.2. The quantitative estimate of drug-likeness (QED) is 0.768. The minimum Gasteiger partial charge on any atom is -0.288 e. The molecule has 0 fully saturated rings. The molecular weight excluding hydrogens is 237 g/mol. The maximum Gasteiger partial charge on any atom is 0.185 e. The first-order valence-corrected chi connectivity index (χ1v) is 6.12. The number of nitriles is 1. The summed E-state index contributed by atoms with van der Waals surface area (Å²) in [5.41, 5.74) is 0.628. The van der Waals surface area contributed by atoms with E-state index in [2.05, 4.69) is 0 Å². The molecule has 0 aliphatic carbocycles. The Morgan fingerprint density at radius 2 is 2.35 bits per heavy atom. The van der Waals surface area contributed by atoms with E-state index in [4.69, 9.17) is 5.26 Å². The molecule has 0 aliphatic heterocycles. The zero-order chi connectivity index (χ0) is 12.7. The Balaban J connectivity index is 2.63. The monoisotopic (exact) mass is 249 g/mol. The molecule has 0 amide bonds. The fraction of sp³-hybridized carbons (Fsp3) is 0.231. The third-order valence-corrected chi connectivity index (χ3v) is 2.89. The first-order valence-electron chi connectivity index (χ1n) is 5.13. The Bertz CT molecular complexity index is 477. The summed E-state index contributed by atoms with van der Waals surface area (Å²) in [6, 6.07) is 6.36. The van der Waals surface area contributed by atoms with Crippen LogP contribution in [0.15, 0.2) is 24.3 Å². The second kappa shape index (κ2) is 6.87. The number of carbonyl (C=O) groups excluding carboxylic acids is 1. The molecule has 0 bridgehead atoms. The van der Waals surface area contributed by atoms with Crippen molar-refractivity contribution < 1.29 is 9.18 Å². The van der Waals surface area contributed by atoms with Gasteiger partial charge in [0.15, 0.2) is 5.12 Å². The van der Waals surface area contributed by atoms with Crippen molar-refractivity contribution in [3.8, 4) is 6.07 Å². The molecule has 88 valence electrons. The van der Waals surface area contributed by atoms with Gasteiger partial charge >= 0.3 is 0 Å². The number of nitrogens with zero attached hydrogens (tertiary/aromatic N) is 1. The van der Waals surface area contributed by atoms with Crippen LogP contribution < -0.4 is 0 Å². The standard InChI is InChI=1S/C13H12FNOS/c1-10(16)17-8-3-2-5-11-6-4-7-13(14)12(11)9-15/h2,4-7H,3,8H2,1H3. The summed E-state index contributed by atoms with van der Waals surface area (Å²) >= 11 is 1.25. The Morgan fingerprint density at radius 3 is 3.00 bits per heavy atom. The molecule has 0 heterocycles. The summed E-state index contributed by atoms with van der Waals surface area (Å²) < 4.78 is 13.2. The summed E-state index contributed by atoms with van der Waals surface area (Å²) in [5.74, 6) is 0.191. The smallest absolute Gasteiger partial charge is 0.185 e. The van der Waals surface area contributed by atoms with Crippen LogP contribution in [0.25, 0.3) is 6.08 Å². The van der Waals surface area contributed by atoms with Gasteiger partial charge in [0.1, 0.15) is 11.9 Å². The molecule has 17 heavy (non-hydrogen) atoms. The second-order valence-corrected chi connectivity index (χ2v) is 4.62. The van der Waals surface area contributed by atoms with E-state index in [0.717, 1.165) is 0 Å². The summed E-state index contributed by atoms with van der Waals surface area (Å²) in [6.45, 7) is 1.52. The lowest BCUT2D eigenvalue weighted by Gasteiger charge is -1.98. The summed E-state index contributed by atoms with van der Waals surface area (Å²) in [5, 5.41) is 8.89. The lowest BCUT2D eigenvalue weighted by molar-refractivity contribution is -0.109. The Morgan fingerprint density at radius 1 is 1.59 bits per heavy atom. The molecule has 0 unspecified atom stereocenters. The van der Waals surface area contributed by atoms with Gasteiger partial charge in [-0.15, -0.1) is 0 Å². The molecule has 0 aliphatic rings. The van der Waals surface area contributed by atoms with Gasteiger partial charge in [0, 0.05) is 12.7 Å². The predicted octanol–water partition coefficient (Wildman–Crippen LogP) is 3.38. The molecule has 0 saturated carbocycles. The first-order chi connectivity index (χ1) is 8.15. The molecule has 0 spiro atoms. The van der Waals surface area contributed by atoms with E-state index in [1.54, 1.807) is 18.2 Å². The molecule has 0 aromatic heterocycles. The number of benzene rings is 1. The van der Waals surface area contributed by atoms with E-state index in [1.165, 1.54) is 24.8 Å². The fourth-order valence-electron chi connectivity index (χ4n) is 1.28. The number of hydrogen-bond acceptors (Lipinski definition) is 3. The van der Waals surface area contributed by atoms with E-state index in [1.807, 2.05) is 12.1 Å². The highest BCUT2D eigenvalue weighted by Gasteiger charge is 2.04. The number of allylic oxidation sites excluding steroid dienone is 1. The largest absolute Gasteiger partial charge is 0.288 e. The van der Waals surface area contributed by atoms with Crippen molar-refractivity contribution in [3.63, 3.8) is 0 Å². The van der Waals surface area contributed by atoms with Crippen molar-refractivity contribution in [2.75, 3.05) is 5.75 Å². The second-order valence-electron chi connectivity index (χ2n) is 3.35. The fourth-order valence-corrected chi connectivity index (χ4v) is 1.82. The molecule has 0 radical (unpaired) electrons. The lowest BCUT2D eigenvalue weighted by atomic mass is 10.1. The molecular formula is C13H12FNOS. The van der Waals surface area contributed by atoms with E-state index >= 15 is 0 Å². The highest BCUT2D eigenvalue weighted by Crippen LogP contribution is 2.14. The molecule has 1 aromatic carbocycles. The third-order valence-electron chi connectivity index (χ3n) is 2.04. The van der Waals surface area contributed by atoms with E-state index in [-0.39, 0.29) is 10.7 Å². The first kappa shape index (κ1) is 13.5. The number of thioether (sulfide) groups is 1. The predicted molar refractivity (Wildman–Crippen MR) is 67.9 cm³/mol. The van der Waals surface area contributed by atoms with Gasteiger partial charge < -0.3 is 0 Å². The van der Waals surface area contributed by atoms with Gasteiger partial charge in [-0.3, -0.25) is 4.79 Å². The van der Waals surface area contributed by atoms with E-state index in [9.17, 15) is 9.18 Å². The van der Waals surface area contributed by atoms with Crippen molar-refractivity contribution in [2.24, 2.45) is 0 Å². The number of hydrogen-bond donors (Lipinski definition) is 0. The van der Waals surface area contributed by atoms with Gasteiger partial charge in [-0.05, 0) is 18.1 Å². The SMILES string of the molecule is CC(=O)SCCC=Cc1cccc(F)c1C#N. The topological polar surface area (TPSA) is 40.9 Å². The average Bonchev–Trinajstić information content (AvgIpc) is 2.28. The normalized spacial score (nSPS) is 10.4. The van der Waals surface area contributed by atoms with Crippen LogP contribution >= 0.6 is 11.8 Å². The molecule has 4 heteroatoms. The lowest BCUT2D eigenvalue weighted by Crippen LogP contribution is -1.88. The molecule has 0 N–H and O–H groups in total. The van der Waals surface area contributed by atoms with Crippen molar-refractivity contribution >= 4 is 23.0 Å². The van der Waals surface area contributed by atoms with Crippen LogP contribution in [-0.2, 0) is 4.79 Å². The number of rotatable bonds is 4. The third kappa shape index (κ3) is 4.41. The van der Waals surface area contributed by atoms with Crippen molar-refractivity contribution in [2.45, 2.75) is 13.3 Å². The van der Waals surface area contributed by atoms with Crippen molar-refractivity contribution in [3.05, 3.63) is 41.2 Å². The highest BCUT2D eigenvalue weighted by molar-refractivity contribution is 8.13. The van der Waals surface area contributed by atoms with Gasteiger partial charge in [0.25, 0.3) is 0 Å². The summed E-state index contributed by atoms with van der Waals surface area (Å²) in [6.07, 6.45) is 4.26. The van der Waals surface area contributed by atoms with Gasteiger partial charge in [0.05, 0.1) is 5.56 Å². The van der Waals surface area contributed by atoms with Crippen LogP contribution in [0.3, 0.4) is 0 Å². The molecule has 1 aromatic rings. The molecule has 2 nitrogen and oxygen atoms in total. The van der Waals surface area contributed by atoms with Gasteiger partial charge in [-0.25, -0.2) is 4.39 Å². The van der Waals surface area contributed by atoms with Crippen molar-refractivity contribution in [1.29, 1.82) is 5.26 Å². The van der Waals surface area contributed by atoms with Crippen LogP contribution in [0.5, 0.6) is 0 Å². The zero-order valence-corrected chi connectivity index (χ0v) is 10.3. The van der Waals surface area contributed by atoms with Crippen LogP contribution in [0.4, 0.5) is 4.39 Å². The van der Waals surface area contributed by atoms with Gasteiger partial charge in [-0.2, -0.15) is 5.26 Å². The molecule has 0 atom stereocenters. The number of carbonyl (C=O) groups is 1. The zero-order valence-electron chi connectivity index (χ0n) is 9.44. The van der Waals surface area contributed by atoms with Crippen LogP contribution in [-0.4, -0.2) is 10.9 Å². The van der Waals surface area contributed by atoms with Gasteiger partial charge in [0.2, 0.25) is 0 Å². The van der Waals surface area contributed by atoms with Crippen LogP contribution in [0.2, 0.25) is 0 Å². The van der Waals surface area contributed by atoms with Crippen LogP contribution in [0.1, 0.15) is 24.5 Å². The van der Waals surface area contributed by atoms with Gasteiger partial charge in [-0.1, -0.05) is 36.0 Å². The Kier molecular flexibility index (Phi) is 5.44.